The summed E-state index contributed by atoms with van der Waals surface area (Å²) in [4.78, 5) is 20.1. The fraction of sp³-hybridized carbons (Fsp3) is 0. The number of hydrogen-bond acceptors (Lipinski definition) is 4. The summed E-state index contributed by atoms with van der Waals surface area (Å²) in [5.41, 5.74) is 2.64. The van der Waals surface area contributed by atoms with Gasteiger partial charge in [0.05, 0.1) is 11.6 Å². The summed E-state index contributed by atoms with van der Waals surface area (Å²) in [5, 5.41) is 0.420. The number of benzene rings is 2. The molecule has 4 aromatic rings. The third-order valence-corrected chi connectivity index (χ3v) is 3.68. The van der Waals surface area contributed by atoms with E-state index < -0.39 is 0 Å². The molecule has 0 bridgehead atoms. The fourth-order valence-electron chi connectivity index (χ4n) is 2.40. The Kier molecular flexibility index (Phi) is 3.82. The normalized spacial score (nSPS) is 10.2. The summed E-state index contributed by atoms with van der Waals surface area (Å²) in [6, 6.07) is 18.8. The van der Waals surface area contributed by atoms with Crippen molar-refractivity contribution in [1.82, 2.24) is 9.97 Å². The second kappa shape index (κ2) is 6.42. The molecule has 118 valence electrons. The Labute approximate surface area is 143 Å². The molecule has 0 spiro atoms. The molecule has 25 heavy (non-hydrogen) atoms. The minimum atomic E-state index is -0.327. The zero-order valence-corrected chi connectivity index (χ0v) is 13.1. The lowest BCUT2D eigenvalue weighted by atomic mass is 10.1. The summed E-state index contributed by atoms with van der Waals surface area (Å²) in [7, 11) is 0. The van der Waals surface area contributed by atoms with E-state index in [1.165, 1.54) is 6.20 Å². The van der Waals surface area contributed by atoms with Gasteiger partial charge in [-0.3, -0.25) is 9.78 Å². The molecule has 2 aromatic heterocycles. The summed E-state index contributed by atoms with van der Waals surface area (Å²) in [5.74, 6) is 6.49. The summed E-state index contributed by atoms with van der Waals surface area (Å²) in [6.07, 6.45) is 3.06. The van der Waals surface area contributed by atoms with E-state index >= 15 is 0 Å². The number of hydrogen-bond donors (Lipinski definition) is 0. The van der Waals surface area contributed by atoms with E-state index in [0.717, 1.165) is 11.1 Å². The Bertz CT molecular complexity index is 1150. The van der Waals surface area contributed by atoms with Gasteiger partial charge in [-0.05, 0) is 42.5 Å². The molecule has 0 radical (unpaired) electrons. The molecule has 0 fully saturated rings. The summed E-state index contributed by atoms with van der Waals surface area (Å²) >= 11 is 0. The Morgan fingerprint density at radius 2 is 1.56 bits per heavy atom. The van der Waals surface area contributed by atoms with Crippen molar-refractivity contribution in [1.29, 1.82) is 0 Å². The third kappa shape index (κ3) is 3.17. The Morgan fingerprint density at radius 3 is 2.32 bits per heavy atom. The molecule has 0 saturated carbocycles. The van der Waals surface area contributed by atoms with Gasteiger partial charge in [0.1, 0.15) is 0 Å². The van der Waals surface area contributed by atoms with Crippen molar-refractivity contribution in [2.75, 3.05) is 0 Å². The maximum absolute atomic E-state index is 12.1. The van der Waals surface area contributed by atoms with Gasteiger partial charge in [0.2, 0.25) is 5.89 Å². The Balaban J connectivity index is 1.67. The molecule has 4 rings (SSSR count). The third-order valence-electron chi connectivity index (χ3n) is 3.68. The first kappa shape index (κ1) is 14.9. The van der Waals surface area contributed by atoms with Crippen LogP contribution in [0.2, 0.25) is 0 Å². The highest BCUT2D eigenvalue weighted by Crippen LogP contribution is 2.19. The number of fused-ring (bicyclic) bond motifs is 1. The van der Waals surface area contributed by atoms with Crippen LogP contribution in [-0.2, 0) is 0 Å². The minimum absolute atomic E-state index is 0.271. The van der Waals surface area contributed by atoms with Gasteiger partial charge < -0.3 is 4.42 Å². The van der Waals surface area contributed by atoms with Crippen molar-refractivity contribution in [2.45, 2.75) is 0 Å². The van der Waals surface area contributed by atoms with Gasteiger partial charge in [0, 0.05) is 22.9 Å². The van der Waals surface area contributed by atoms with Crippen LogP contribution >= 0.6 is 0 Å². The summed E-state index contributed by atoms with van der Waals surface area (Å²) in [6.45, 7) is 0. The van der Waals surface area contributed by atoms with Crippen LogP contribution in [0.1, 0.15) is 11.1 Å². The van der Waals surface area contributed by atoms with E-state index in [1.54, 1.807) is 12.3 Å². The molecule has 4 nitrogen and oxygen atoms in total. The van der Waals surface area contributed by atoms with Gasteiger partial charge >= 0.3 is 0 Å². The molecule has 0 amide bonds. The minimum Gasteiger partial charge on any atom is -0.436 e. The lowest BCUT2D eigenvalue weighted by Gasteiger charge is -2.01. The molecule has 0 aliphatic heterocycles. The SMILES string of the molecule is O=c1nc(-c2ccc(C#Cc3ccccc3)cc2)oc2cnccc12. The fourth-order valence-corrected chi connectivity index (χ4v) is 2.40. The summed E-state index contributed by atoms with van der Waals surface area (Å²) < 4.78 is 5.69. The van der Waals surface area contributed by atoms with Gasteiger partial charge in [-0.1, -0.05) is 30.0 Å². The smallest absolute Gasteiger partial charge is 0.284 e. The van der Waals surface area contributed by atoms with Gasteiger partial charge in [-0.2, -0.15) is 4.98 Å². The van der Waals surface area contributed by atoms with Crippen LogP contribution in [0.15, 0.2) is 82.3 Å². The van der Waals surface area contributed by atoms with E-state index in [2.05, 4.69) is 21.8 Å². The van der Waals surface area contributed by atoms with Crippen molar-refractivity contribution in [3.05, 3.63) is 94.5 Å². The lowest BCUT2D eigenvalue weighted by molar-refractivity contribution is 0.593. The van der Waals surface area contributed by atoms with Crippen molar-refractivity contribution in [3.8, 4) is 23.3 Å². The van der Waals surface area contributed by atoms with E-state index in [4.69, 9.17) is 4.42 Å². The van der Waals surface area contributed by atoms with Crippen LogP contribution in [0.3, 0.4) is 0 Å². The maximum Gasteiger partial charge on any atom is 0.284 e. The van der Waals surface area contributed by atoms with Crippen molar-refractivity contribution >= 4 is 11.0 Å². The standard InChI is InChI=1S/C21H12N2O2/c24-20-18-12-13-22-14-19(18)25-21(23-20)17-10-8-16(9-11-17)7-6-15-4-2-1-3-5-15/h1-5,8-14H. The quantitative estimate of drug-likeness (QED) is 0.502. The molecule has 2 aromatic carbocycles. The van der Waals surface area contributed by atoms with Gasteiger partial charge in [0.25, 0.3) is 5.56 Å². The number of nitrogens with zero attached hydrogens (tertiary/aromatic N) is 2. The second-order valence-electron chi connectivity index (χ2n) is 5.39. The van der Waals surface area contributed by atoms with Gasteiger partial charge in [-0.25, -0.2) is 0 Å². The highest BCUT2D eigenvalue weighted by atomic mass is 16.3. The topological polar surface area (TPSA) is 56.0 Å². The molecule has 2 heterocycles. The second-order valence-corrected chi connectivity index (χ2v) is 5.39. The van der Waals surface area contributed by atoms with Gasteiger partial charge in [0.15, 0.2) is 5.58 Å². The zero-order chi connectivity index (χ0) is 17.1. The van der Waals surface area contributed by atoms with Crippen LogP contribution in [0, 0.1) is 11.8 Å². The van der Waals surface area contributed by atoms with E-state index in [0.29, 0.717) is 16.5 Å². The van der Waals surface area contributed by atoms with Crippen molar-refractivity contribution < 1.29 is 4.42 Å². The van der Waals surface area contributed by atoms with Crippen molar-refractivity contribution in [2.24, 2.45) is 0 Å². The molecular formula is C21H12N2O2. The average molecular weight is 324 g/mol. The molecule has 0 saturated heterocycles. The van der Waals surface area contributed by atoms with E-state index in [9.17, 15) is 4.79 Å². The maximum atomic E-state index is 12.1. The highest BCUT2D eigenvalue weighted by molar-refractivity contribution is 5.75. The molecular weight excluding hydrogens is 312 g/mol. The number of aromatic nitrogens is 2. The Morgan fingerprint density at radius 1 is 0.840 bits per heavy atom. The van der Waals surface area contributed by atoms with E-state index in [1.807, 2.05) is 54.6 Å². The molecule has 0 unspecified atom stereocenters. The predicted molar refractivity (Wildman–Crippen MR) is 95.9 cm³/mol. The molecule has 4 heteroatoms. The molecule has 0 atom stereocenters. The molecule has 0 N–H and O–H groups in total. The molecule has 0 aliphatic rings. The van der Waals surface area contributed by atoms with E-state index in [-0.39, 0.29) is 11.4 Å². The Hall–Kier alpha value is -3.71. The monoisotopic (exact) mass is 324 g/mol. The lowest BCUT2D eigenvalue weighted by Crippen LogP contribution is -2.07. The van der Waals surface area contributed by atoms with Crippen molar-refractivity contribution in [3.63, 3.8) is 0 Å². The highest BCUT2D eigenvalue weighted by Gasteiger charge is 2.08. The van der Waals surface area contributed by atoms with Crippen LogP contribution in [0.4, 0.5) is 0 Å². The number of pyridine rings is 1. The predicted octanol–water partition coefficient (Wildman–Crippen LogP) is 3.65. The first-order valence-corrected chi connectivity index (χ1v) is 7.72. The first-order valence-electron chi connectivity index (χ1n) is 7.72. The zero-order valence-electron chi connectivity index (χ0n) is 13.1. The average Bonchev–Trinajstić information content (AvgIpc) is 2.68. The van der Waals surface area contributed by atoms with Gasteiger partial charge in [-0.15, -0.1) is 0 Å². The van der Waals surface area contributed by atoms with Crippen LogP contribution in [-0.4, -0.2) is 9.97 Å². The number of rotatable bonds is 1. The van der Waals surface area contributed by atoms with Crippen LogP contribution in [0.25, 0.3) is 22.4 Å². The largest absolute Gasteiger partial charge is 0.436 e. The molecule has 0 aliphatic carbocycles. The van der Waals surface area contributed by atoms with Crippen LogP contribution in [0.5, 0.6) is 0 Å². The first-order chi connectivity index (χ1) is 12.3. The van der Waals surface area contributed by atoms with Crippen LogP contribution < -0.4 is 5.56 Å².